The fourth-order valence-corrected chi connectivity index (χ4v) is 1.73. The first-order valence-corrected chi connectivity index (χ1v) is 6.31. The molecule has 102 valence electrons. The highest BCUT2D eigenvalue weighted by Crippen LogP contribution is 2.11. The number of carbonyl (C=O) groups excluding carboxylic acids is 1. The Balaban J connectivity index is 2.02. The summed E-state index contributed by atoms with van der Waals surface area (Å²) in [5, 5.41) is 13.9. The summed E-state index contributed by atoms with van der Waals surface area (Å²) in [6.45, 7) is 1.80. The van der Waals surface area contributed by atoms with Gasteiger partial charge in [0.2, 0.25) is 0 Å². The highest BCUT2D eigenvalue weighted by molar-refractivity contribution is 5.99. The lowest BCUT2D eigenvalue weighted by Gasteiger charge is -2.09. The summed E-state index contributed by atoms with van der Waals surface area (Å²) in [6.07, 6.45) is -1.22. The van der Waals surface area contributed by atoms with Crippen molar-refractivity contribution in [3.05, 3.63) is 71.8 Å². The molecule has 2 rings (SSSR count). The van der Waals surface area contributed by atoms with Gasteiger partial charge in [-0.25, -0.2) is 5.43 Å². The van der Waals surface area contributed by atoms with Crippen LogP contribution in [0.25, 0.3) is 0 Å². The van der Waals surface area contributed by atoms with E-state index in [1.54, 1.807) is 31.2 Å². The molecular formula is C16H16N2O2. The standard InChI is InChI=1S/C16H16N2O2/c1-12(13-8-4-2-5-9-13)17-18-16(20)15(19)14-10-6-3-7-11-14/h2-11,15,19H,1H3,(H,18,20)/b17-12-/t15-/m1/s1. The molecule has 20 heavy (non-hydrogen) atoms. The molecule has 0 radical (unpaired) electrons. The number of hydrogen-bond acceptors (Lipinski definition) is 3. The van der Waals surface area contributed by atoms with Gasteiger partial charge >= 0.3 is 0 Å². The molecular weight excluding hydrogens is 252 g/mol. The minimum atomic E-state index is -1.22. The second-order valence-electron chi connectivity index (χ2n) is 4.35. The molecule has 1 amide bonds. The van der Waals surface area contributed by atoms with E-state index in [1.165, 1.54) is 0 Å². The number of hydrazone groups is 1. The lowest BCUT2D eigenvalue weighted by atomic mass is 10.1. The van der Waals surface area contributed by atoms with Crippen molar-refractivity contribution in [2.24, 2.45) is 5.10 Å². The lowest BCUT2D eigenvalue weighted by molar-refractivity contribution is -0.129. The first kappa shape index (κ1) is 14.0. The fraction of sp³-hybridized carbons (Fsp3) is 0.125. The quantitative estimate of drug-likeness (QED) is 0.660. The summed E-state index contributed by atoms with van der Waals surface area (Å²) in [5.74, 6) is -0.550. The zero-order valence-corrected chi connectivity index (χ0v) is 11.2. The molecule has 0 bridgehead atoms. The molecule has 0 saturated carbocycles. The fourth-order valence-electron chi connectivity index (χ4n) is 1.73. The molecule has 4 heteroatoms. The zero-order valence-electron chi connectivity index (χ0n) is 11.2. The van der Waals surface area contributed by atoms with Gasteiger partial charge in [-0.2, -0.15) is 5.10 Å². The lowest BCUT2D eigenvalue weighted by Crippen LogP contribution is -2.26. The van der Waals surface area contributed by atoms with E-state index < -0.39 is 12.0 Å². The van der Waals surface area contributed by atoms with Gasteiger partial charge in [0.1, 0.15) is 0 Å². The van der Waals surface area contributed by atoms with E-state index in [9.17, 15) is 9.90 Å². The molecule has 2 aromatic carbocycles. The normalized spacial score (nSPS) is 12.8. The van der Waals surface area contributed by atoms with Crippen molar-refractivity contribution in [1.29, 1.82) is 0 Å². The Morgan fingerprint density at radius 1 is 1.05 bits per heavy atom. The Morgan fingerprint density at radius 2 is 1.60 bits per heavy atom. The molecule has 2 N–H and O–H groups in total. The van der Waals surface area contributed by atoms with E-state index in [-0.39, 0.29) is 0 Å². The Kier molecular flexibility index (Phi) is 4.63. The van der Waals surface area contributed by atoms with Gasteiger partial charge in [-0.05, 0) is 18.1 Å². The van der Waals surface area contributed by atoms with Gasteiger partial charge in [0.25, 0.3) is 5.91 Å². The van der Waals surface area contributed by atoms with Crippen molar-refractivity contribution in [1.82, 2.24) is 5.43 Å². The van der Waals surface area contributed by atoms with E-state index in [1.807, 2.05) is 36.4 Å². The first-order valence-electron chi connectivity index (χ1n) is 6.31. The van der Waals surface area contributed by atoms with E-state index in [0.29, 0.717) is 11.3 Å². The second kappa shape index (κ2) is 6.63. The van der Waals surface area contributed by atoms with Crippen LogP contribution >= 0.6 is 0 Å². The van der Waals surface area contributed by atoms with Gasteiger partial charge in [0, 0.05) is 0 Å². The first-order chi connectivity index (χ1) is 9.68. The molecule has 1 atom stereocenters. The Hall–Kier alpha value is -2.46. The van der Waals surface area contributed by atoms with Crippen LogP contribution in [0.3, 0.4) is 0 Å². The summed E-state index contributed by atoms with van der Waals surface area (Å²) in [4.78, 5) is 11.8. The number of aliphatic hydroxyl groups is 1. The van der Waals surface area contributed by atoms with Crippen LogP contribution in [0.2, 0.25) is 0 Å². The summed E-state index contributed by atoms with van der Waals surface area (Å²) in [6, 6.07) is 18.3. The van der Waals surface area contributed by atoms with Crippen LogP contribution in [-0.4, -0.2) is 16.7 Å². The predicted molar refractivity (Wildman–Crippen MR) is 78.2 cm³/mol. The van der Waals surface area contributed by atoms with Gasteiger partial charge in [-0.1, -0.05) is 60.7 Å². The third-order valence-corrected chi connectivity index (χ3v) is 2.89. The van der Waals surface area contributed by atoms with Gasteiger partial charge in [0.05, 0.1) is 5.71 Å². The van der Waals surface area contributed by atoms with Crippen molar-refractivity contribution < 1.29 is 9.90 Å². The van der Waals surface area contributed by atoms with E-state index in [4.69, 9.17) is 0 Å². The maximum absolute atomic E-state index is 11.8. The predicted octanol–water partition coefficient (Wildman–Crippen LogP) is 2.26. The minimum Gasteiger partial charge on any atom is -0.378 e. The van der Waals surface area contributed by atoms with Crippen LogP contribution in [0.4, 0.5) is 0 Å². The van der Waals surface area contributed by atoms with Crippen molar-refractivity contribution in [2.45, 2.75) is 13.0 Å². The van der Waals surface area contributed by atoms with Crippen LogP contribution in [0.5, 0.6) is 0 Å². The summed E-state index contributed by atoms with van der Waals surface area (Å²) >= 11 is 0. The van der Waals surface area contributed by atoms with Gasteiger partial charge in [-0.15, -0.1) is 0 Å². The third-order valence-electron chi connectivity index (χ3n) is 2.89. The Morgan fingerprint density at radius 3 is 2.20 bits per heavy atom. The van der Waals surface area contributed by atoms with Crippen LogP contribution in [0, 0.1) is 0 Å². The second-order valence-corrected chi connectivity index (χ2v) is 4.35. The van der Waals surface area contributed by atoms with Gasteiger partial charge in [0.15, 0.2) is 6.10 Å². The summed E-state index contributed by atoms with van der Waals surface area (Å²) in [7, 11) is 0. The third kappa shape index (κ3) is 3.52. The molecule has 0 heterocycles. The molecule has 4 nitrogen and oxygen atoms in total. The highest BCUT2D eigenvalue weighted by atomic mass is 16.3. The number of aliphatic hydroxyl groups excluding tert-OH is 1. The summed E-state index contributed by atoms with van der Waals surface area (Å²) in [5.41, 5.74) is 4.52. The SMILES string of the molecule is C/C(=N/NC(=O)[C@H](O)c1ccccc1)c1ccccc1. The average molecular weight is 268 g/mol. The largest absolute Gasteiger partial charge is 0.378 e. The van der Waals surface area contributed by atoms with Crippen molar-refractivity contribution in [3.63, 3.8) is 0 Å². The maximum atomic E-state index is 11.8. The molecule has 0 aliphatic heterocycles. The van der Waals surface area contributed by atoms with Crippen LogP contribution in [-0.2, 0) is 4.79 Å². The Labute approximate surface area is 117 Å². The number of nitrogens with zero attached hydrogens (tertiary/aromatic N) is 1. The molecule has 0 fully saturated rings. The molecule has 0 saturated heterocycles. The number of benzene rings is 2. The molecule has 0 aliphatic carbocycles. The van der Waals surface area contributed by atoms with Crippen LogP contribution < -0.4 is 5.43 Å². The molecule has 2 aromatic rings. The number of nitrogens with one attached hydrogen (secondary N) is 1. The molecule has 0 unspecified atom stereocenters. The number of amides is 1. The van der Waals surface area contributed by atoms with Crippen LogP contribution in [0.1, 0.15) is 24.2 Å². The van der Waals surface area contributed by atoms with Gasteiger partial charge < -0.3 is 5.11 Å². The summed E-state index contributed by atoms with van der Waals surface area (Å²) < 4.78 is 0. The number of rotatable bonds is 4. The number of hydrogen-bond donors (Lipinski definition) is 2. The minimum absolute atomic E-state index is 0.539. The zero-order chi connectivity index (χ0) is 14.4. The smallest absolute Gasteiger partial charge is 0.273 e. The average Bonchev–Trinajstić information content (AvgIpc) is 2.53. The van der Waals surface area contributed by atoms with E-state index in [0.717, 1.165) is 5.56 Å². The number of carbonyl (C=O) groups is 1. The Bertz CT molecular complexity index is 594. The molecule has 0 spiro atoms. The highest BCUT2D eigenvalue weighted by Gasteiger charge is 2.16. The van der Waals surface area contributed by atoms with E-state index >= 15 is 0 Å². The van der Waals surface area contributed by atoms with Gasteiger partial charge in [-0.3, -0.25) is 4.79 Å². The van der Waals surface area contributed by atoms with Crippen molar-refractivity contribution >= 4 is 11.6 Å². The van der Waals surface area contributed by atoms with E-state index in [2.05, 4.69) is 10.5 Å². The monoisotopic (exact) mass is 268 g/mol. The van der Waals surface area contributed by atoms with Crippen molar-refractivity contribution in [2.75, 3.05) is 0 Å². The maximum Gasteiger partial charge on any atom is 0.273 e. The topological polar surface area (TPSA) is 61.7 Å². The van der Waals surface area contributed by atoms with Crippen molar-refractivity contribution in [3.8, 4) is 0 Å². The molecule has 0 aliphatic rings. The van der Waals surface area contributed by atoms with Crippen LogP contribution in [0.15, 0.2) is 65.8 Å². The molecule has 0 aromatic heterocycles.